The fraction of sp³-hybridized carbons (Fsp3) is 0.185. The molecule has 0 saturated heterocycles. The van der Waals surface area contributed by atoms with Crippen molar-refractivity contribution in [2.45, 2.75) is 31.9 Å². The summed E-state index contributed by atoms with van der Waals surface area (Å²) in [6.07, 6.45) is -1.65. The summed E-state index contributed by atoms with van der Waals surface area (Å²) in [4.78, 5) is 54.5. The first-order valence-electron chi connectivity index (χ1n) is 11.8. The average molecular weight is 513 g/mol. The Morgan fingerprint density at radius 3 is 2.71 bits per heavy atom. The van der Waals surface area contributed by atoms with E-state index in [1.807, 2.05) is 30.3 Å². The lowest BCUT2D eigenvalue weighted by atomic mass is 9.69. The number of esters is 1. The topological polar surface area (TPSA) is 151 Å². The van der Waals surface area contributed by atoms with Crippen molar-refractivity contribution in [2.75, 3.05) is 0 Å². The molecule has 0 aliphatic carbocycles. The molecule has 11 heteroatoms. The predicted octanol–water partition coefficient (Wildman–Crippen LogP) is 4.14. The molecule has 190 valence electrons. The van der Waals surface area contributed by atoms with Crippen molar-refractivity contribution in [3.8, 4) is 17.1 Å². The van der Waals surface area contributed by atoms with Crippen LogP contribution in [0.5, 0.6) is 5.75 Å². The quantitative estimate of drug-likeness (QED) is 0.162. The number of nitrogens with zero attached hydrogens (tertiary/aromatic N) is 3. The molecule has 4 aromatic rings. The Bertz CT molecular complexity index is 1780. The van der Waals surface area contributed by atoms with Crippen LogP contribution in [0.25, 0.3) is 22.3 Å². The summed E-state index contributed by atoms with van der Waals surface area (Å²) in [5, 5.41) is 21.9. The normalized spacial score (nSPS) is 17.3. The van der Waals surface area contributed by atoms with E-state index in [9.17, 15) is 29.6 Å². The smallest absolute Gasteiger partial charge is 0.460 e. The van der Waals surface area contributed by atoms with Crippen LogP contribution in [-0.2, 0) is 28.1 Å². The Hall–Kier alpha value is -5.06. The minimum Gasteiger partial charge on any atom is -0.460 e. The maximum absolute atomic E-state index is 13.8. The Morgan fingerprint density at radius 2 is 1.97 bits per heavy atom. The van der Waals surface area contributed by atoms with E-state index in [-0.39, 0.29) is 53.3 Å². The molecule has 11 nitrogen and oxygen atoms in total. The third-order valence-corrected chi connectivity index (χ3v) is 7.29. The summed E-state index contributed by atoms with van der Waals surface area (Å²) in [6, 6.07) is 14.5. The van der Waals surface area contributed by atoms with Crippen LogP contribution in [0, 0.1) is 10.1 Å². The summed E-state index contributed by atoms with van der Waals surface area (Å²) in [6.45, 7) is 1.65. The number of carbonyl (C=O) groups is 2. The molecule has 6 rings (SSSR count). The standard InChI is InChI=1S/C27H19N3O8/c1-2-27(19-10-16(30(35)36)7-8-22(19)38-26(33)34)18-11-21-23-15(9-14-5-3-4-6-20(14)28-23)12-29(21)24(31)17(18)13-37-25(27)32/h3-11H,2,12-13H2,1H3,(H,33,34). The largest absolute Gasteiger partial charge is 0.511 e. The molecule has 2 aliphatic heterocycles. The van der Waals surface area contributed by atoms with Gasteiger partial charge in [0.2, 0.25) is 0 Å². The maximum Gasteiger partial charge on any atom is 0.511 e. The number of cyclic esters (lactones) is 1. The van der Waals surface area contributed by atoms with Crippen LogP contribution < -0.4 is 10.3 Å². The van der Waals surface area contributed by atoms with Gasteiger partial charge in [0.15, 0.2) is 0 Å². The third-order valence-electron chi connectivity index (χ3n) is 7.29. The van der Waals surface area contributed by atoms with Crippen molar-refractivity contribution >= 4 is 28.7 Å². The summed E-state index contributed by atoms with van der Waals surface area (Å²) >= 11 is 0. The van der Waals surface area contributed by atoms with Gasteiger partial charge in [-0.3, -0.25) is 19.7 Å². The Kier molecular flexibility index (Phi) is 5.06. The Balaban J connectivity index is 1.66. The molecule has 1 N–H and O–H groups in total. The van der Waals surface area contributed by atoms with Crippen molar-refractivity contribution in [3.63, 3.8) is 0 Å². The lowest BCUT2D eigenvalue weighted by Gasteiger charge is -2.37. The highest BCUT2D eigenvalue weighted by Gasteiger charge is 2.50. The SMILES string of the molecule is CCC1(c2cc([N+](=O)[O-])ccc2OC(=O)O)C(=O)OCc2c1cc1n(c2=O)Cc2cc3ccccc3nc2-1. The fourth-order valence-electron chi connectivity index (χ4n) is 5.53. The minimum absolute atomic E-state index is 0.0108. The molecule has 0 saturated carbocycles. The van der Waals surface area contributed by atoms with E-state index < -0.39 is 22.5 Å². The second-order valence-electron chi connectivity index (χ2n) is 9.14. The second-order valence-corrected chi connectivity index (χ2v) is 9.14. The van der Waals surface area contributed by atoms with E-state index in [2.05, 4.69) is 0 Å². The van der Waals surface area contributed by atoms with E-state index in [1.165, 1.54) is 0 Å². The van der Waals surface area contributed by atoms with Crippen molar-refractivity contribution < 1.29 is 29.1 Å². The van der Waals surface area contributed by atoms with E-state index in [0.717, 1.165) is 34.7 Å². The van der Waals surface area contributed by atoms with Crippen LogP contribution in [0.4, 0.5) is 10.5 Å². The van der Waals surface area contributed by atoms with Crippen LogP contribution in [-0.4, -0.2) is 31.7 Å². The van der Waals surface area contributed by atoms with E-state index in [1.54, 1.807) is 17.6 Å². The van der Waals surface area contributed by atoms with Gasteiger partial charge in [-0.2, -0.15) is 0 Å². The zero-order valence-corrected chi connectivity index (χ0v) is 20.0. The molecule has 2 aromatic heterocycles. The van der Waals surface area contributed by atoms with Gasteiger partial charge in [0.1, 0.15) is 17.8 Å². The molecule has 2 aromatic carbocycles. The van der Waals surface area contributed by atoms with Gasteiger partial charge in [-0.05, 0) is 36.2 Å². The molecule has 38 heavy (non-hydrogen) atoms. The molecule has 4 heterocycles. The number of para-hydroxylation sites is 1. The lowest BCUT2D eigenvalue weighted by Crippen LogP contribution is -2.45. The second kappa shape index (κ2) is 8.23. The maximum atomic E-state index is 13.8. The van der Waals surface area contributed by atoms with E-state index >= 15 is 0 Å². The third kappa shape index (κ3) is 3.21. The van der Waals surface area contributed by atoms with E-state index in [4.69, 9.17) is 14.5 Å². The Morgan fingerprint density at radius 1 is 1.18 bits per heavy atom. The first-order chi connectivity index (χ1) is 18.2. The number of nitro benzene ring substituents is 1. The summed E-state index contributed by atoms with van der Waals surface area (Å²) in [7, 11) is 0. The van der Waals surface area contributed by atoms with Gasteiger partial charge in [-0.15, -0.1) is 0 Å². The van der Waals surface area contributed by atoms with Crippen LogP contribution >= 0.6 is 0 Å². The molecule has 1 unspecified atom stereocenters. The van der Waals surface area contributed by atoms with Crippen LogP contribution in [0.2, 0.25) is 0 Å². The number of fused-ring (bicyclic) bond motifs is 5. The first-order valence-corrected chi connectivity index (χ1v) is 11.8. The number of hydrogen-bond acceptors (Lipinski definition) is 8. The summed E-state index contributed by atoms with van der Waals surface area (Å²) < 4.78 is 12.0. The van der Waals surface area contributed by atoms with Gasteiger partial charge in [0.25, 0.3) is 11.2 Å². The lowest BCUT2D eigenvalue weighted by molar-refractivity contribution is -0.385. The molecular weight excluding hydrogens is 494 g/mol. The number of nitro groups is 1. The summed E-state index contributed by atoms with van der Waals surface area (Å²) in [5.41, 5.74) is 0.589. The number of pyridine rings is 2. The van der Waals surface area contributed by atoms with E-state index in [0.29, 0.717) is 11.4 Å². The average Bonchev–Trinajstić information content (AvgIpc) is 3.25. The van der Waals surface area contributed by atoms with Crippen molar-refractivity contribution in [2.24, 2.45) is 0 Å². The van der Waals surface area contributed by atoms with Gasteiger partial charge in [0.05, 0.1) is 33.9 Å². The highest BCUT2D eigenvalue weighted by atomic mass is 16.7. The van der Waals surface area contributed by atoms with Crippen LogP contribution in [0.1, 0.15) is 35.6 Å². The number of aromatic nitrogens is 2. The molecule has 0 fully saturated rings. The monoisotopic (exact) mass is 513 g/mol. The fourth-order valence-corrected chi connectivity index (χ4v) is 5.53. The number of non-ortho nitro benzene ring substituents is 1. The molecule has 0 spiro atoms. The van der Waals surface area contributed by atoms with Crippen molar-refractivity contribution in [3.05, 3.63) is 97.3 Å². The number of benzene rings is 2. The van der Waals surface area contributed by atoms with Crippen molar-refractivity contribution in [1.29, 1.82) is 0 Å². The van der Waals surface area contributed by atoms with Crippen LogP contribution in [0.15, 0.2) is 59.4 Å². The number of hydrogen-bond donors (Lipinski definition) is 1. The molecule has 0 radical (unpaired) electrons. The molecule has 0 amide bonds. The number of carboxylic acid groups (broad SMARTS) is 1. The minimum atomic E-state index is -1.74. The molecule has 1 atom stereocenters. The first kappa shape index (κ1) is 23.3. The number of carbonyl (C=O) groups excluding carboxylic acids is 1. The van der Waals surface area contributed by atoms with Gasteiger partial charge >= 0.3 is 12.1 Å². The van der Waals surface area contributed by atoms with Crippen LogP contribution in [0.3, 0.4) is 0 Å². The van der Waals surface area contributed by atoms with Gasteiger partial charge in [-0.25, -0.2) is 9.78 Å². The Labute approximate surface area is 214 Å². The van der Waals surface area contributed by atoms with Crippen molar-refractivity contribution in [1.82, 2.24) is 9.55 Å². The zero-order chi connectivity index (χ0) is 26.8. The van der Waals surface area contributed by atoms with Gasteiger partial charge < -0.3 is 19.1 Å². The number of ether oxygens (including phenoxy) is 2. The van der Waals surface area contributed by atoms with Gasteiger partial charge in [0, 0.05) is 28.6 Å². The highest BCUT2D eigenvalue weighted by molar-refractivity contribution is 5.92. The molecular formula is C27H19N3O8. The number of rotatable bonds is 4. The zero-order valence-electron chi connectivity index (χ0n) is 20.0. The molecule has 2 aliphatic rings. The summed E-state index contributed by atoms with van der Waals surface area (Å²) in [5.74, 6) is -1.03. The van der Waals surface area contributed by atoms with Gasteiger partial charge in [-0.1, -0.05) is 25.1 Å². The predicted molar refractivity (Wildman–Crippen MR) is 133 cm³/mol. The highest BCUT2D eigenvalue weighted by Crippen LogP contribution is 2.47. The molecule has 0 bridgehead atoms.